The molecule has 0 aromatic heterocycles. The average molecular weight is 213 g/mol. The average Bonchev–Trinajstić information content (AvgIpc) is 1.94. The smallest absolute Gasteiger partial charge is 0.206 e. The molecule has 0 nitrogen and oxygen atoms in total. The van der Waals surface area contributed by atoms with Crippen LogP contribution in [-0.2, 0) is 5.92 Å². The van der Waals surface area contributed by atoms with Gasteiger partial charge in [-0.05, 0) is 12.1 Å². The Kier molecular flexibility index (Phi) is 2.52. The van der Waals surface area contributed by atoms with E-state index >= 15 is 0 Å². The van der Waals surface area contributed by atoms with Crippen molar-refractivity contribution in [3.05, 3.63) is 34.4 Å². The van der Waals surface area contributed by atoms with Crippen molar-refractivity contribution in [3.63, 3.8) is 0 Å². The van der Waals surface area contributed by atoms with Gasteiger partial charge < -0.3 is 0 Å². The Hall–Kier alpha value is -0.770. The van der Waals surface area contributed by atoms with Crippen LogP contribution in [0.1, 0.15) is 12.5 Å². The second-order valence-corrected chi connectivity index (χ2v) is 3.04. The highest BCUT2D eigenvalue weighted by molar-refractivity contribution is 6.30. The van der Waals surface area contributed by atoms with E-state index in [4.69, 9.17) is 11.6 Å². The molecule has 0 saturated heterocycles. The summed E-state index contributed by atoms with van der Waals surface area (Å²) in [4.78, 5) is 0. The predicted molar refractivity (Wildman–Crippen MR) is 40.9 cm³/mol. The molecule has 0 fully saturated rings. The number of hydrogen-bond donors (Lipinski definition) is 0. The molecule has 0 radical (unpaired) electrons. The maximum absolute atomic E-state index is 12.8. The maximum atomic E-state index is 12.8. The molecule has 1 aromatic rings. The van der Waals surface area contributed by atoms with Crippen molar-refractivity contribution in [1.29, 1.82) is 0 Å². The van der Waals surface area contributed by atoms with Gasteiger partial charge in [-0.15, -0.1) is 0 Å². The molecule has 1 rings (SSSR count). The van der Waals surface area contributed by atoms with Gasteiger partial charge in [0.2, 0.25) is 0 Å². The number of hydrogen-bond acceptors (Lipinski definition) is 0. The molecule has 13 heavy (non-hydrogen) atoms. The van der Waals surface area contributed by atoms with E-state index < -0.39 is 28.1 Å². The summed E-state index contributed by atoms with van der Waals surface area (Å²) in [6.07, 6.45) is 0. The highest BCUT2D eigenvalue weighted by Gasteiger charge is 2.29. The second-order valence-electron chi connectivity index (χ2n) is 2.63. The zero-order valence-electron chi connectivity index (χ0n) is 6.54. The third kappa shape index (κ3) is 2.12. The third-order valence-electron chi connectivity index (χ3n) is 1.48. The molecular weight excluding hydrogens is 208 g/mol. The predicted octanol–water partition coefficient (Wildman–Crippen LogP) is 3.73. The van der Waals surface area contributed by atoms with Gasteiger partial charge in [0.05, 0.1) is 10.6 Å². The lowest BCUT2D eigenvalue weighted by atomic mass is 10.1. The number of halogens is 5. The topological polar surface area (TPSA) is 0 Å². The fourth-order valence-electron chi connectivity index (χ4n) is 0.859. The van der Waals surface area contributed by atoms with Crippen molar-refractivity contribution in [1.82, 2.24) is 0 Å². The molecule has 0 atom stereocenters. The van der Waals surface area contributed by atoms with Gasteiger partial charge in [-0.2, -0.15) is 0 Å². The van der Waals surface area contributed by atoms with Crippen LogP contribution < -0.4 is 0 Å². The molecule has 72 valence electrons. The van der Waals surface area contributed by atoms with Crippen LogP contribution in [0, 0.1) is 11.6 Å². The lowest BCUT2D eigenvalue weighted by Gasteiger charge is -2.11. The highest BCUT2D eigenvalue weighted by atomic mass is 35.5. The van der Waals surface area contributed by atoms with E-state index in [9.17, 15) is 17.6 Å². The minimum absolute atomic E-state index is 0.400. The first-order chi connectivity index (χ1) is 5.82. The Morgan fingerprint density at radius 2 is 1.69 bits per heavy atom. The van der Waals surface area contributed by atoms with Crippen LogP contribution >= 0.6 is 11.6 Å². The first-order valence-corrected chi connectivity index (χ1v) is 3.73. The van der Waals surface area contributed by atoms with Crippen LogP contribution in [0.5, 0.6) is 0 Å². The Balaban J connectivity index is 3.32. The van der Waals surface area contributed by atoms with E-state index in [0.29, 0.717) is 19.1 Å². The van der Waals surface area contributed by atoms with Gasteiger partial charge in [0, 0.05) is 6.92 Å². The molecule has 0 N–H and O–H groups in total. The fourth-order valence-corrected chi connectivity index (χ4v) is 1.01. The Morgan fingerprint density at radius 1 is 1.15 bits per heavy atom. The molecule has 0 amide bonds. The van der Waals surface area contributed by atoms with Gasteiger partial charge in [-0.1, -0.05) is 11.6 Å². The Labute approximate surface area is 77.1 Å². The van der Waals surface area contributed by atoms with Crippen LogP contribution in [0.4, 0.5) is 17.6 Å². The van der Waals surface area contributed by atoms with Crippen LogP contribution in [0.3, 0.4) is 0 Å². The monoisotopic (exact) mass is 212 g/mol. The summed E-state index contributed by atoms with van der Waals surface area (Å²) in [6.45, 7) is 0.485. The lowest BCUT2D eigenvalue weighted by Crippen LogP contribution is -2.10. The quantitative estimate of drug-likeness (QED) is 0.492. The lowest BCUT2D eigenvalue weighted by molar-refractivity contribution is 0.0134. The largest absolute Gasteiger partial charge is 0.273 e. The van der Waals surface area contributed by atoms with Crippen molar-refractivity contribution in [2.24, 2.45) is 0 Å². The van der Waals surface area contributed by atoms with E-state index in [1.807, 2.05) is 0 Å². The SMILES string of the molecule is CC(F)(F)c1cc(F)c(Cl)cc1F. The molecule has 0 unspecified atom stereocenters. The summed E-state index contributed by atoms with van der Waals surface area (Å²) in [7, 11) is 0. The van der Waals surface area contributed by atoms with Crippen molar-refractivity contribution in [3.8, 4) is 0 Å². The van der Waals surface area contributed by atoms with E-state index in [0.717, 1.165) is 0 Å². The van der Waals surface area contributed by atoms with E-state index in [1.54, 1.807) is 0 Å². The van der Waals surface area contributed by atoms with Crippen LogP contribution in [0.15, 0.2) is 12.1 Å². The maximum Gasteiger partial charge on any atom is 0.273 e. The molecule has 5 heteroatoms. The summed E-state index contributed by atoms with van der Waals surface area (Å²) >= 11 is 5.18. The van der Waals surface area contributed by atoms with Gasteiger partial charge in [0.15, 0.2) is 0 Å². The molecule has 0 heterocycles. The van der Waals surface area contributed by atoms with E-state index in [1.165, 1.54) is 0 Å². The molecule has 0 saturated carbocycles. The van der Waals surface area contributed by atoms with Crippen LogP contribution in [0.2, 0.25) is 5.02 Å². The van der Waals surface area contributed by atoms with Gasteiger partial charge >= 0.3 is 0 Å². The van der Waals surface area contributed by atoms with Crippen LogP contribution in [0.25, 0.3) is 0 Å². The highest BCUT2D eigenvalue weighted by Crippen LogP contribution is 2.31. The number of alkyl halides is 2. The molecule has 0 bridgehead atoms. The molecule has 1 aromatic carbocycles. The number of rotatable bonds is 1. The van der Waals surface area contributed by atoms with Gasteiger partial charge in [-0.25, -0.2) is 17.6 Å². The first kappa shape index (κ1) is 10.3. The Morgan fingerprint density at radius 3 is 2.15 bits per heavy atom. The minimum Gasteiger partial charge on any atom is -0.206 e. The molecule has 0 aliphatic carbocycles. The summed E-state index contributed by atoms with van der Waals surface area (Å²) < 4.78 is 50.6. The van der Waals surface area contributed by atoms with Crippen LogP contribution in [-0.4, -0.2) is 0 Å². The minimum atomic E-state index is -3.41. The normalized spacial score (nSPS) is 11.8. The number of benzene rings is 1. The summed E-state index contributed by atoms with van der Waals surface area (Å²) in [5, 5.41) is -0.509. The van der Waals surface area contributed by atoms with Crippen molar-refractivity contribution < 1.29 is 17.6 Å². The fraction of sp³-hybridized carbons (Fsp3) is 0.250. The van der Waals surface area contributed by atoms with Crippen molar-refractivity contribution >= 4 is 11.6 Å². The molecule has 0 spiro atoms. The summed E-state index contributed by atoms with van der Waals surface area (Å²) in [5.41, 5.74) is -0.991. The molecule has 0 aliphatic rings. The molecule has 0 aliphatic heterocycles. The second kappa shape index (κ2) is 3.18. The van der Waals surface area contributed by atoms with Gasteiger partial charge in [-0.3, -0.25) is 0 Å². The molecular formula is C8H5ClF4. The standard InChI is InChI=1S/C8H5ClF4/c1-8(12,13)4-2-7(11)5(9)3-6(4)10/h2-3H,1H3. The van der Waals surface area contributed by atoms with E-state index in [2.05, 4.69) is 0 Å². The first-order valence-electron chi connectivity index (χ1n) is 3.35. The van der Waals surface area contributed by atoms with Gasteiger partial charge in [0.1, 0.15) is 11.6 Å². The summed E-state index contributed by atoms with van der Waals surface area (Å²) in [6, 6.07) is 0.932. The Bertz CT molecular complexity index is 330. The van der Waals surface area contributed by atoms with Crippen molar-refractivity contribution in [2.75, 3.05) is 0 Å². The van der Waals surface area contributed by atoms with Crippen molar-refractivity contribution in [2.45, 2.75) is 12.8 Å². The summed E-state index contributed by atoms with van der Waals surface area (Å²) in [5.74, 6) is -5.67. The third-order valence-corrected chi connectivity index (χ3v) is 1.77. The zero-order valence-corrected chi connectivity index (χ0v) is 7.30. The zero-order chi connectivity index (χ0) is 10.2. The van der Waals surface area contributed by atoms with E-state index in [-0.39, 0.29) is 0 Å². The van der Waals surface area contributed by atoms with Gasteiger partial charge in [0.25, 0.3) is 5.92 Å².